The molecule has 2 aromatic rings. The number of aliphatic hydroxyl groups excluding tert-OH is 1. The highest BCUT2D eigenvalue weighted by Gasteiger charge is 2.29. The van der Waals surface area contributed by atoms with E-state index in [-0.39, 0.29) is 12.6 Å². The Kier molecular flexibility index (Phi) is 5.37. The van der Waals surface area contributed by atoms with E-state index in [0.717, 1.165) is 41.4 Å². The molecule has 4 rings (SSSR count). The highest BCUT2D eigenvalue weighted by Crippen LogP contribution is 2.39. The van der Waals surface area contributed by atoms with Crippen LogP contribution in [0.15, 0.2) is 28.7 Å². The van der Waals surface area contributed by atoms with Gasteiger partial charge in [0.25, 0.3) is 0 Å². The largest absolute Gasteiger partial charge is 0.394 e. The fourth-order valence-corrected chi connectivity index (χ4v) is 3.96. The zero-order chi connectivity index (χ0) is 19.0. The Morgan fingerprint density at radius 1 is 1.22 bits per heavy atom. The first kappa shape index (κ1) is 18.7. The number of hydrogen-bond acceptors (Lipinski definition) is 5. The maximum absolute atomic E-state index is 9.68. The fourth-order valence-electron chi connectivity index (χ4n) is 3.55. The minimum absolute atomic E-state index is 0.00200. The first-order chi connectivity index (χ1) is 13.0. The topological polar surface area (TPSA) is 61.3 Å². The van der Waals surface area contributed by atoms with Gasteiger partial charge in [-0.15, -0.1) is 0 Å². The predicted molar refractivity (Wildman–Crippen MR) is 112 cm³/mol. The molecule has 1 aromatic heterocycles. The lowest BCUT2D eigenvalue weighted by Gasteiger charge is -2.31. The van der Waals surface area contributed by atoms with E-state index in [1.54, 1.807) is 0 Å². The van der Waals surface area contributed by atoms with Gasteiger partial charge in [0.2, 0.25) is 0 Å². The molecular weight excluding hydrogens is 404 g/mol. The number of fused-ring (bicyclic) bond motifs is 1. The molecular formula is C21H27BrN4O. The Labute approximate surface area is 169 Å². The van der Waals surface area contributed by atoms with E-state index in [1.807, 2.05) is 6.07 Å². The lowest BCUT2D eigenvalue weighted by atomic mass is 10.00. The summed E-state index contributed by atoms with van der Waals surface area (Å²) in [5, 5.41) is 13.1. The van der Waals surface area contributed by atoms with Gasteiger partial charge in [0, 0.05) is 29.5 Å². The summed E-state index contributed by atoms with van der Waals surface area (Å²) in [5.41, 5.74) is 2.77. The van der Waals surface area contributed by atoms with Crippen molar-refractivity contribution in [3.05, 3.63) is 45.7 Å². The quantitative estimate of drug-likeness (QED) is 0.721. The van der Waals surface area contributed by atoms with Gasteiger partial charge in [0.05, 0.1) is 12.6 Å². The van der Waals surface area contributed by atoms with Crippen LogP contribution >= 0.6 is 15.9 Å². The van der Waals surface area contributed by atoms with Gasteiger partial charge in [0.15, 0.2) is 0 Å². The highest BCUT2D eigenvalue weighted by molar-refractivity contribution is 9.10. The molecule has 0 unspecified atom stereocenters. The molecule has 0 saturated heterocycles. The molecule has 2 aliphatic rings. The van der Waals surface area contributed by atoms with E-state index >= 15 is 0 Å². The molecule has 1 aliphatic carbocycles. The van der Waals surface area contributed by atoms with E-state index in [9.17, 15) is 5.11 Å². The standard InChI is InChI=1S/C21H27BrN4O/c1-13(2)18(12-27)23-19-10-20(25-21(24-19)15-3-4-15)26-8-7-14-5-6-17(22)9-16(14)11-26/h5-6,9-10,13,15,18,27H,3-4,7-8,11-12H2,1-2H3,(H,23,24,25)/t18-/m0/s1. The van der Waals surface area contributed by atoms with Gasteiger partial charge in [-0.05, 0) is 48.4 Å². The molecule has 144 valence electrons. The Morgan fingerprint density at radius 2 is 2.04 bits per heavy atom. The van der Waals surface area contributed by atoms with Gasteiger partial charge in [-0.1, -0.05) is 35.8 Å². The van der Waals surface area contributed by atoms with Crippen LogP contribution in [-0.2, 0) is 13.0 Å². The van der Waals surface area contributed by atoms with Crippen molar-refractivity contribution < 1.29 is 5.11 Å². The van der Waals surface area contributed by atoms with Gasteiger partial charge in [-0.3, -0.25) is 0 Å². The molecule has 0 bridgehead atoms. The van der Waals surface area contributed by atoms with Crippen LogP contribution in [0.1, 0.15) is 49.6 Å². The Hall–Kier alpha value is -1.66. The molecule has 0 radical (unpaired) electrons. The third kappa shape index (κ3) is 4.27. The number of benzene rings is 1. The number of aliphatic hydroxyl groups is 1. The van der Waals surface area contributed by atoms with Gasteiger partial charge in [-0.25, -0.2) is 9.97 Å². The number of halogens is 1. The molecule has 1 saturated carbocycles. The molecule has 2 N–H and O–H groups in total. The molecule has 1 atom stereocenters. The van der Waals surface area contributed by atoms with Crippen LogP contribution in [0.3, 0.4) is 0 Å². The predicted octanol–water partition coefficient (Wildman–Crippen LogP) is 4.11. The molecule has 2 heterocycles. The number of nitrogens with zero attached hydrogens (tertiary/aromatic N) is 3. The SMILES string of the molecule is CC(C)[C@H](CO)Nc1cc(N2CCc3ccc(Br)cc3C2)nc(C2CC2)n1. The van der Waals surface area contributed by atoms with Crippen LogP contribution in [0.25, 0.3) is 0 Å². The average Bonchev–Trinajstić information content (AvgIpc) is 3.50. The van der Waals surface area contributed by atoms with E-state index in [1.165, 1.54) is 24.0 Å². The van der Waals surface area contributed by atoms with E-state index < -0.39 is 0 Å². The summed E-state index contributed by atoms with van der Waals surface area (Å²) >= 11 is 3.59. The molecule has 6 heteroatoms. The summed E-state index contributed by atoms with van der Waals surface area (Å²) in [4.78, 5) is 12.0. The molecule has 5 nitrogen and oxygen atoms in total. The second-order valence-corrected chi connectivity index (χ2v) is 8.92. The number of hydrogen-bond donors (Lipinski definition) is 2. The van der Waals surface area contributed by atoms with Gasteiger partial charge in [-0.2, -0.15) is 0 Å². The summed E-state index contributed by atoms with van der Waals surface area (Å²) in [6.07, 6.45) is 3.37. The summed E-state index contributed by atoms with van der Waals surface area (Å²) in [6.45, 7) is 6.14. The third-order valence-corrected chi connectivity index (χ3v) is 6.00. The van der Waals surface area contributed by atoms with Crippen molar-refractivity contribution in [3.63, 3.8) is 0 Å². The van der Waals surface area contributed by atoms with Crippen LogP contribution in [0.4, 0.5) is 11.6 Å². The van der Waals surface area contributed by atoms with E-state index in [2.05, 4.69) is 58.2 Å². The van der Waals surface area contributed by atoms with Crippen molar-refractivity contribution in [1.29, 1.82) is 0 Å². The Balaban J connectivity index is 1.62. The number of rotatable bonds is 6. The molecule has 1 aliphatic heterocycles. The minimum Gasteiger partial charge on any atom is -0.394 e. The van der Waals surface area contributed by atoms with Gasteiger partial charge < -0.3 is 15.3 Å². The van der Waals surface area contributed by atoms with E-state index in [0.29, 0.717) is 11.8 Å². The fraction of sp³-hybridized carbons (Fsp3) is 0.524. The zero-order valence-corrected chi connectivity index (χ0v) is 17.5. The monoisotopic (exact) mass is 430 g/mol. The first-order valence-corrected chi connectivity index (χ1v) is 10.6. The molecule has 0 amide bonds. The number of nitrogens with one attached hydrogen (secondary N) is 1. The zero-order valence-electron chi connectivity index (χ0n) is 16.0. The smallest absolute Gasteiger partial charge is 0.136 e. The summed E-state index contributed by atoms with van der Waals surface area (Å²) in [6, 6.07) is 8.59. The molecule has 0 spiro atoms. The summed E-state index contributed by atoms with van der Waals surface area (Å²) in [7, 11) is 0. The Bertz CT molecular complexity index is 822. The van der Waals surface area contributed by atoms with Crippen LogP contribution in [0.2, 0.25) is 0 Å². The van der Waals surface area contributed by atoms with Crippen LogP contribution in [0, 0.1) is 5.92 Å². The maximum atomic E-state index is 9.68. The van der Waals surface area contributed by atoms with E-state index in [4.69, 9.17) is 9.97 Å². The van der Waals surface area contributed by atoms with Crippen molar-refractivity contribution in [3.8, 4) is 0 Å². The van der Waals surface area contributed by atoms with Crippen molar-refractivity contribution in [2.75, 3.05) is 23.4 Å². The van der Waals surface area contributed by atoms with Crippen LogP contribution in [0.5, 0.6) is 0 Å². The second-order valence-electron chi connectivity index (χ2n) is 8.01. The van der Waals surface area contributed by atoms with Crippen LogP contribution in [-0.4, -0.2) is 34.3 Å². The van der Waals surface area contributed by atoms with Gasteiger partial charge in [0.1, 0.15) is 17.5 Å². The first-order valence-electron chi connectivity index (χ1n) is 9.82. The molecule has 27 heavy (non-hydrogen) atoms. The maximum Gasteiger partial charge on any atom is 0.136 e. The van der Waals surface area contributed by atoms with Crippen LogP contribution < -0.4 is 10.2 Å². The normalized spacial score (nSPS) is 17.7. The van der Waals surface area contributed by atoms with Crippen molar-refractivity contribution >= 4 is 27.6 Å². The average molecular weight is 431 g/mol. The lowest BCUT2D eigenvalue weighted by Crippen LogP contribution is -2.32. The second kappa shape index (κ2) is 7.76. The number of anilines is 2. The van der Waals surface area contributed by atoms with Crippen molar-refractivity contribution in [2.24, 2.45) is 5.92 Å². The Morgan fingerprint density at radius 3 is 2.74 bits per heavy atom. The van der Waals surface area contributed by atoms with Crippen molar-refractivity contribution in [1.82, 2.24) is 9.97 Å². The highest BCUT2D eigenvalue weighted by atomic mass is 79.9. The minimum atomic E-state index is -0.00200. The molecule has 1 fully saturated rings. The summed E-state index contributed by atoms with van der Waals surface area (Å²) in [5.74, 6) is 3.57. The number of aromatic nitrogens is 2. The molecule has 1 aromatic carbocycles. The summed E-state index contributed by atoms with van der Waals surface area (Å²) < 4.78 is 1.12. The van der Waals surface area contributed by atoms with Gasteiger partial charge >= 0.3 is 0 Å². The third-order valence-electron chi connectivity index (χ3n) is 5.51. The van der Waals surface area contributed by atoms with Crippen molar-refractivity contribution in [2.45, 2.75) is 51.6 Å². The lowest BCUT2D eigenvalue weighted by molar-refractivity contribution is 0.249.